The van der Waals surface area contributed by atoms with Crippen molar-refractivity contribution in [1.29, 1.82) is 0 Å². The van der Waals surface area contributed by atoms with Crippen molar-refractivity contribution in [2.75, 3.05) is 19.6 Å². The van der Waals surface area contributed by atoms with Gasteiger partial charge < -0.3 is 5.73 Å². The van der Waals surface area contributed by atoms with Crippen molar-refractivity contribution in [3.05, 3.63) is 17.5 Å². The largest absolute Gasteiger partial charge is 0.330 e. The molecule has 2 N–H and O–H groups in total. The van der Waals surface area contributed by atoms with E-state index in [0.29, 0.717) is 29.8 Å². The molecule has 0 unspecified atom stereocenters. The monoisotopic (exact) mass is 260 g/mol. The summed E-state index contributed by atoms with van der Waals surface area (Å²) in [6.45, 7) is 1.75. The maximum atomic E-state index is 12.2. The second-order valence-corrected chi connectivity index (χ2v) is 7.15. The van der Waals surface area contributed by atoms with Crippen molar-refractivity contribution in [3.63, 3.8) is 0 Å². The molecule has 6 heteroatoms. The summed E-state index contributed by atoms with van der Waals surface area (Å²) in [7, 11) is -3.27. The number of nitrogens with two attached hydrogens (primary N) is 1. The summed E-state index contributed by atoms with van der Waals surface area (Å²) >= 11 is 1.27. The first kappa shape index (κ1) is 12.0. The molecule has 0 saturated carbocycles. The second-order valence-electron chi connectivity index (χ2n) is 4.04. The molecule has 0 aromatic carbocycles. The van der Waals surface area contributed by atoms with Crippen LogP contribution < -0.4 is 5.73 Å². The van der Waals surface area contributed by atoms with Crippen molar-refractivity contribution >= 4 is 21.4 Å². The molecule has 1 fully saturated rings. The Kier molecular flexibility index (Phi) is 3.63. The topological polar surface area (TPSA) is 63.4 Å². The molecule has 4 nitrogen and oxygen atoms in total. The van der Waals surface area contributed by atoms with E-state index in [9.17, 15) is 8.42 Å². The van der Waals surface area contributed by atoms with E-state index in [4.69, 9.17) is 5.73 Å². The van der Waals surface area contributed by atoms with E-state index in [2.05, 4.69) is 0 Å². The van der Waals surface area contributed by atoms with Gasteiger partial charge in [0, 0.05) is 13.1 Å². The fourth-order valence-corrected chi connectivity index (χ4v) is 4.67. The molecule has 1 aromatic heterocycles. The van der Waals surface area contributed by atoms with Gasteiger partial charge in [-0.1, -0.05) is 6.07 Å². The van der Waals surface area contributed by atoms with Crippen molar-refractivity contribution in [3.8, 4) is 0 Å². The quantitative estimate of drug-likeness (QED) is 0.885. The Morgan fingerprint density at radius 1 is 1.56 bits per heavy atom. The minimum atomic E-state index is -3.27. The first-order chi connectivity index (χ1) is 7.64. The second kappa shape index (κ2) is 4.83. The lowest BCUT2D eigenvalue weighted by Gasteiger charge is -2.30. The summed E-state index contributed by atoms with van der Waals surface area (Å²) in [6, 6.07) is 3.42. The lowest BCUT2D eigenvalue weighted by atomic mass is 10.0. The summed E-state index contributed by atoms with van der Waals surface area (Å²) < 4.78 is 26.4. The van der Waals surface area contributed by atoms with Crippen LogP contribution in [0, 0.1) is 5.92 Å². The molecule has 2 heterocycles. The van der Waals surface area contributed by atoms with Gasteiger partial charge in [0.2, 0.25) is 0 Å². The van der Waals surface area contributed by atoms with Gasteiger partial charge in [-0.3, -0.25) is 0 Å². The molecule has 1 atom stereocenters. The summed E-state index contributed by atoms with van der Waals surface area (Å²) in [4.78, 5) is 0. The van der Waals surface area contributed by atoms with Crippen LogP contribution in [0.4, 0.5) is 0 Å². The number of nitrogens with zero attached hydrogens (tertiary/aromatic N) is 1. The third kappa shape index (κ3) is 2.29. The van der Waals surface area contributed by atoms with E-state index >= 15 is 0 Å². The Morgan fingerprint density at radius 2 is 2.38 bits per heavy atom. The summed E-state index contributed by atoms with van der Waals surface area (Å²) in [5.74, 6) is 0.309. The number of piperidine rings is 1. The van der Waals surface area contributed by atoms with Gasteiger partial charge in [-0.15, -0.1) is 11.3 Å². The predicted octanol–water partition coefficient (Wildman–Crippen LogP) is 1.11. The van der Waals surface area contributed by atoms with Crippen molar-refractivity contribution in [1.82, 2.24) is 4.31 Å². The van der Waals surface area contributed by atoms with Crippen molar-refractivity contribution in [2.45, 2.75) is 17.1 Å². The van der Waals surface area contributed by atoms with Gasteiger partial charge >= 0.3 is 0 Å². The number of thiophene rings is 1. The molecule has 16 heavy (non-hydrogen) atoms. The maximum Gasteiger partial charge on any atom is 0.252 e. The summed E-state index contributed by atoms with van der Waals surface area (Å²) in [5.41, 5.74) is 5.61. The maximum absolute atomic E-state index is 12.2. The molecule has 0 spiro atoms. The van der Waals surface area contributed by atoms with Gasteiger partial charge in [0.25, 0.3) is 10.0 Å². The molecule has 0 bridgehead atoms. The highest BCUT2D eigenvalue weighted by Crippen LogP contribution is 2.25. The average molecular weight is 260 g/mol. The molecule has 1 aromatic rings. The fraction of sp³-hybridized carbons (Fsp3) is 0.600. The van der Waals surface area contributed by atoms with Crippen LogP contribution in [-0.2, 0) is 10.0 Å². The Morgan fingerprint density at radius 3 is 3.00 bits per heavy atom. The Bertz CT molecular complexity index is 428. The number of hydrogen-bond donors (Lipinski definition) is 1. The first-order valence-corrected chi connectivity index (χ1v) is 7.70. The molecule has 0 amide bonds. The van der Waals surface area contributed by atoms with Gasteiger partial charge in [-0.2, -0.15) is 4.31 Å². The van der Waals surface area contributed by atoms with Crippen LogP contribution in [-0.4, -0.2) is 32.4 Å². The van der Waals surface area contributed by atoms with E-state index < -0.39 is 10.0 Å². The van der Waals surface area contributed by atoms with Gasteiger partial charge in [0.1, 0.15) is 4.21 Å². The van der Waals surface area contributed by atoms with Gasteiger partial charge in [-0.05, 0) is 36.8 Å². The lowest BCUT2D eigenvalue weighted by molar-refractivity contribution is 0.272. The third-order valence-corrected chi connectivity index (χ3v) is 6.14. The Hall–Kier alpha value is -0.430. The van der Waals surface area contributed by atoms with Crippen molar-refractivity contribution in [2.24, 2.45) is 11.7 Å². The number of rotatable bonds is 3. The Labute approximate surface area is 100 Å². The molecule has 90 valence electrons. The zero-order valence-corrected chi connectivity index (χ0v) is 10.6. The highest BCUT2D eigenvalue weighted by molar-refractivity contribution is 7.91. The predicted molar refractivity (Wildman–Crippen MR) is 64.9 cm³/mol. The smallest absolute Gasteiger partial charge is 0.252 e. The number of hydrogen-bond acceptors (Lipinski definition) is 4. The minimum Gasteiger partial charge on any atom is -0.330 e. The van der Waals surface area contributed by atoms with Crippen LogP contribution in [0.2, 0.25) is 0 Å². The fourth-order valence-electron chi connectivity index (χ4n) is 1.98. The standard InChI is InChI=1S/C10H16N2O2S2/c11-7-9-3-1-5-12(8-9)16(13,14)10-4-2-6-15-10/h2,4,6,9H,1,3,5,7-8,11H2/t9-/m0/s1. The minimum absolute atomic E-state index is 0.309. The molecule has 1 aliphatic rings. The van der Waals surface area contributed by atoms with E-state index in [0.717, 1.165) is 12.8 Å². The van der Waals surface area contributed by atoms with Crippen LogP contribution in [0.3, 0.4) is 0 Å². The molecule has 1 aliphatic heterocycles. The normalized spacial score (nSPS) is 23.4. The van der Waals surface area contributed by atoms with Crippen LogP contribution in [0.5, 0.6) is 0 Å². The highest BCUT2D eigenvalue weighted by Gasteiger charge is 2.30. The van der Waals surface area contributed by atoms with Crippen LogP contribution >= 0.6 is 11.3 Å². The van der Waals surface area contributed by atoms with Crippen LogP contribution in [0.25, 0.3) is 0 Å². The van der Waals surface area contributed by atoms with E-state index in [1.807, 2.05) is 0 Å². The average Bonchev–Trinajstić information content (AvgIpc) is 2.83. The van der Waals surface area contributed by atoms with Gasteiger partial charge in [0.05, 0.1) is 0 Å². The number of sulfonamides is 1. The summed E-state index contributed by atoms with van der Waals surface area (Å²) in [5, 5.41) is 1.79. The molecular formula is C10H16N2O2S2. The summed E-state index contributed by atoms with van der Waals surface area (Å²) in [6.07, 6.45) is 1.94. The zero-order valence-electron chi connectivity index (χ0n) is 9.00. The first-order valence-electron chi connectivity index (χ1n) is 5.38. The SMILES string of the molecule is NC[C@@H]1CCCN(S(=O)(=O)c2cccs2)C1. The van der Waals surface area contributed by atoms with E-state index in [1.165, 1.54) is 11.3 Å². The van der Waals surface area contributed by atoms with E-state index in [1.54, 1.807) is 21.8 Å². The van der Waals surface area contributed by atoms with Crippen LogP contribution in [0.1, 0.15) is 12.8 Å². The molecule has 1 saturated heterocycles. The lowest BCUT2D eigenvalue weighted by Crippen LogP contribution is -2.41. The van der Waals surface area contributed by atoms with E-state index in [-0.39, 0.29) is 0 Å². The molecule has 0 aliphatic carbocycles. The zero-order chi connectivity index (χ0) is 11.6. The molecule has 2 rings (SSSR count). The Balaban J connectivity index is 2.18. The van der Waals surface area contributed by atoms with Gasteiger partial charge in [0.15, 0.2) is 0 Å². The van der Waals surface area contributed by atoms with Crippen molar-refractivity contribution < 1.29 is 8.42 Å². The van der Waals surface area contributed by atoms with Crippen LogP contribution in [0.15, 0.2) is 21.7 Å². The van der Waals surface area contributed by atoms with Gasteiger partial charge in [-0.25, -0.2) is 8.42 Å². The third-order valence-electron chi connectivity index (χ3n) is 2.90. The molecular weight excluding hydrogens is 244 g/mol. The molecule has 0 radical (unpaired) electrons. The highest BCUT2D eigenvalue weighted by atomic mass is 32.2.